The van der Waals surface area contributed by atoms with Gasteiger partial charge in [0.25, 0.3) is 11.6 Å². The van der Waals surface area contributed by atoms with Crippen LogP contribution in [0.25, 0.3) is 17.4 Å². The van der Waals surface area contributed by atoms with Crippen molar-refractivity contribution in [2.24, 2.45) is 16.0 Å². The summed E-state index contributed by atoms with van der Waals surface area (Å²) in [6.07, 6.45) is 1.40. The molecule has 0 saturated heterocycles. The average molecular weight is 409 g/mol. The van der Waals surface area contributed by atoms with E-state index in [9.17, 15) is 14.9 Å². The molecule has 0 fully saturated rings. The van der Waals surface area contributed by atoms with Gasteiger partial charge < -0.3 is 4.42 Å². The van der Waals surface area contributed by atoms with E-state index in [1.54, 1.807) is 30.3 Å². The van der Waals surface area contributed by atoms with Crippen LogP contribution < -0.4 is 0 Å². The summed E-state index contributed by atoms with van der Waals surface area (Å²) in [5.74, 6) is 0.0760. The highest BCUT2D eigenvalue weighted by Crippen LogP contribution is 2.33. The minimum Gasteiger partial charge on any atom is -0.456 e. The first-order valence-corrected chi connectivity index (χ1v) is 9.50. The fraction of sp³-hybridized carbons (Fsp3) is 0.158. The first kappa shape index (κ1) is 18.8. The number of nitrogens with one attached hydrogen (secondary N) is 1. The Morgan fingerprint density at radius 2 is 2.03 bits per heavy atom. The lowest BCUT2D eigenvalue weighted by atomic mass is 10.1. The molecule has 2 aliphatic rings. The normalized spacial score (nSPS) is 17.6. The van der Waals surface area contributed by atoms with Gasteiger partial charge in [-0.1, -0.05) is 26.0 Å². The molecule has 2 aromatic rings. The van der Waals surface area contributed by atoms with Crippen molar-refractivity contribution in [3.63, 3.8) is 0 Å². The largest absolute Gasteiger partial charge is 0.456 e. The van der Waals surface area contributed by atoms with Crippen molar-refractivity contribution < 1.29 is 14.1 Å². The predicted octanol–water partition coefficient (Wildman–Crippen LogP) is 4.13. The van der Waals surface area contributed by atoms with Crippen LogP contribution in [-0.4, -0.2) is 31.9 Å². The third kappa shape index (κ3) is 3.38. The quantitative estimate of drug-likeness (QED) is 0.460. The number of para-hydroxylation sites is 1. The summed E-state index contributed by atoms with van der Waals surface area (Å²) >= 11 is 1.27. The summed E-state index contributed by atoms with van der Waals surface area (Å²) in [7, 11) is 0. The topological polar surface area (TPSA) is 125 Å². The number of fused-ring (bicyclic) bond motifs is 1. The summed E-state index contributed by atoms with van der Waals surface area (Å²) in [4.78, 5) is 27.2. The predicted molar refractivity (Wildman–Crippen MR) is 111 cm³/mol. The van der Waals surface area contributed by atoms with Crippen LogP contribution >= 0.6 is 11.8 Å². The van der Waals surface area contributed by atoms with E-state index in [2.05, 4.69) is 10.1 Å². The number of amides is 1. The van der Waals surface area contributed by atoms with Gasteiger partial charge in [-0.25, -0.2) is 0 Å². The monoisotopic (exact) mass is 409 g/mol. The highest BCUT2D eigenvalue weighted by Gasteiger charge is 2.36. The smallest absolute Gasteiger partial charge is 0.283 e. The van der Waals surface area contributed by atoms with E-state index in [4.69, 9.17) is 9.83 Å². The second kappa shape index (κ2) is 7.13. The Bertz CT molecular complexity index is 1140. The zero-order valence-corrected chi connectivity index (χ0v) is 16.3. The molecule has 10 heteroatoms. The van der Waals surface area contributed by atoms with Gasteiger partial charge in [-0.15, -0.1) is 0 Å². The molecule has 1 aromatic heterocycles. The fourth-order valence-corrected chi connectivity index (χ4v) is 3.69. The molecule has 4 rings (SSSR count). The highest BCUT2D eigenvalue weighted by atomic mass is 32.2. The minimum atomic E-state index is -0.558. The van der Waals surface area contributed by atoms with Crippen LogP contribution in [0, 0.1) is 21.4 Å². The number of nitro groups is 1. The van der Waals surface area contributed by atoms with Crippen molar-refractivity contribution in [1.29, 1.82) is 5.41 Å². The standard InChI is InChI=1S/C19H15N5O4S/c1-10(2)18-22-23-16(20)13(17(25)21-19(23)29-18)9-11-7-8-15(28-11)12-5-3-4-6-14(12)24(26)27/h3-10,20H,1-2H3/b13-9-,20-16?. The Morgan fingerprint density at radius 1 is 1.28 bits per heavy atom. The van der Waals surface area contributed by atoms with Gasteiger partial charge in [0, 0.05) is 12.0 Å². The SMILES string of the molecule is CC(C)C1=NN2C(=N)/C(=C/c3ccc(-c4ccccc4[N+](=O)[O-])o3)C(=O)N=C2S1. The van der Waals surface area contributed by atoms with E-state index in [0.717, 1.165) is 5.04 Å². The number of rotatable bonds is 4. The van der Waals surface area contributed by atoms with Gasteiger partial charge in [0.2, 0.25) is 5.17 Å². The van der Waals surface area contributed by atoms with Gasteiger partial charge in [0.15, 0.2) is 5.84 Å². The second-order valence-electron chi connectivity index (χ2n) is 6.59. The number of carbonyl (C=O) groups excluding carboxylic acids is 1. The molecule has 3 heterocycles. The summed E-state index contributed by atoms with van der Waals surface area (Å²) in [6, 6.07) is 9.39. The molecule has 146 valence electrons. The summed E-state index contributed by atoms with van der Waals surface area (Å²) in [6.45, 7) is 3.94. The molecule has 1 N–H and O–H groups in total. The van der Waals surface area contributed by atoms with Crippen molar-refractivity contribution in [3.8, 4) is 11.3 Å². The number of thioether (sulfide) groups is 1. The zero-order chi connectivity index (χ0) is 20.7. The third-order valence-electron chi connectivity index (χ3n) is 4.24. The number of hydrogen-bond acceptors (Lipinski definition) is 7. The first-order valence-electron chi connectivity index (χ1n) is 8.69. The van der Waals surface area contributed by atoms with E-state index >= 15 is 0 Å². The van der Waals surface area contributed by atoms with Crippen molar-refractivity contribution in [2.75, 3.05) is 0 Å². The van der Waals surface area contributed by atoms with Gasteiger partial charge in [-0.3, -0.25) is 20.3 Å². The zero-order valence-electron chi connectivity index (χ0n) is 15.4. The molecular weight excluding hydrogens is 394 g/mol. The number of amidine groups is 2. The Morgan fingerprint density at radius 3 is 2.76 bits per heavy atom. The van der Waals surface area contributed by atoms with Crippen LogP contribution in [0.4, 0.5) is 5.69 Å². The van der Waals surface area contributed by atoms with Gasteiger partial charge in [0.05, 0.1) is 16.1 Å². The first-order chi connectivity index (χ1) is 13.8. The Labute approximate surface area is 169 Å². The summed E-state index contributed by atoms with van der Waals surface area (Å²) < 4.78 is 5.69. The number of nitrogens with zero attached hydrogens (tertiary/aromatic N) is 4. The van der Waals surface area contributed by atoms with Crippen molar-refractivity contribution in [2.45, 2.75) is 13.8 Å². The molecule has 0 spiro atoms. The van der Waals surface area contributed by atoms with Gasteiger partial charge in [-0.2, -0.15) is 15.1 Å². The number of hydrogen-bond donors (Lipinski definition) is 1. The van der Waals surface area contributed by atoms with Crippen molar-refractivity contribution >= 4 is 45.5 Å². The molecule has 0 unspecified atom stereocenters. The molecule has 2 aliphatic heterocycles. The number of nitro benzene ring substituents is 1. The maximum absolute atomic E-state index is 12.4. The van der Waals surface area contributed by atoms with E-state index in [0.29, 0.717) is 16.5 Å². The van der Waals surface area contributed by atoms with Gasteiger partial charge in [-0.05, 0) is 36.0 Å². The molecule has 9 nitrogen and oxygen atoms in total. The lowest BCUT2D eigenvalue weighted by molar-refractivity contribution is -0.384. The summed E-state index contributed by atoms with van der Waals surface area (Å²) in [5, 5.41) is 26.4. The lowest BCUT2D eigenvalue weighted by Gasteiger charge is -2.19. The Balaban J connectivity index is 1.68. The third-order valence-corrected chi connectivity index (χ3v) is 5.45. The maximum atomic E-state index is 12.4. The highest BCUT2D eigenvalue weighted by molar-refractivity contribution is 8.27. The van der Waals surface area contributed by atoms with Crippen LogP contribution in [0.5, 0.6) is 0 Å². The molecule has 0 bridgehead atoms. The van der Waals surface area contributed by atoms with Crippen LogP contribution in [0.15, 0.2) is 56.5 Å². The number of hydrazone groups is 1. The average Bonchev–Trinajstić information content (AvgIpc) is 3.32. The van der Waals surface area contributed by atoms with Gasteiger partial charge >= 0.3 is 0 Å². The van der Waals surface area contributed by atoms with Gasteiger partial charge in [0.1, 0.15) is 16.6 Å². The minimum absolute atomic E-state index is 0.0339. The molecule has 0 atom stereocenters. The maximum Gasteiger partial charge on any atom is 0.283 e. The molecule has 29 heavy (non-hydrogen) atoms. The second-order valence-corrected chi connectivity index (χ2v) is 7.58. The van der Waals surface area contributed by atoms with Crippen LogP contribution in [0.2, 0.25) is 0 Å². The number of benzene rings is 1. The molecular formula is C19H15N5O4S. The van der Waals surface area contributed by atoms with Crippen molar-refractivity contribution in [1.82, 2.24) is 5.01 Å². The van der Waals surface area contributed by atoms with E-state index in [1.807, 2.05) is 13.8 Å². The molecule has 0 saturated carbocycles. The number of aliphatic imine (C=N–C) groups is 1. The molecule has 0 aliphatic carbocycles. The Kier molecular flexibility index (Phi) is 4.63. The van der Waals surface area contributed by atoms with Crippen LogP contribution in [-0.2, 0) is 4.79 Å². The molecule has 1 aromatic carbocycles. The van der Waals surface area contributed by atoms with Crippen LogP contribution in [0.3, 0.4) is 0 Å². The van der Waals surface area contributed by atoms with E-state index in [-0.39, 0.29) is 28.8 Å². The lowest BCUT2D eigenvalue weighted by Crippen LogP contribution is -2.35. The number of furan rings is 1. The van der Waals surface area contributed by atoms with Crippen molar-refractivity contribution in [3.05, 3.63) is 57.8 Å². The molecule has 1 amide bonds. The Hall–Kier alpha value is -3.53. The number of carbonyl (C=O) groups is 1. The summed E-state index contributed by atoms with van der Waals surface area (Å²) in [5.41, 5.74) is 0.280. The van der Waals surface area contributed by atoms with E-state index < -0.39 is 10.8 Å². The fourth-order valence-electron chi connectivity index (χ4n) is 2.80. The molecule has 0 radical (unpaired) electrons. The van der Waals surface area contributed by atoms with E-state index in [1.165, 1.54) is 28.9 Å². The van der Waals surface area contributed by atoms with Crippen LogP contribution in [0.1, 0.15) is 19.6 Å².